The van der Waals surface area contributed by atoms with E-state index in [9.17, 15) is 182 Å². The van der Waals surface area contributed by atoms with E-state index >= 15 is 19.2 Å². The molecule has 10 aromatic carbocycles. The highest BCUT2D eigenvalue weighted by molar-refractivity contribution is 6.12. The van der Waals surface area contributed by atoms with Gasteiger partial charge in [0.1, 0.15) is 25.4 Å². The van der Waals surface area contributed by atoms with Crippen LogP contribution < -0.4 is 0 Å². The van der Waals surface area contributed by atoms with Gasteiger partial charge in [-0.15, -0.1) is 0 Å². The predicted octanol–water partition coefficient (Wildman–Crippen LogP) is 3.31. The number of aromatic hydroxyl groups is 30. The maximum Gasteiger partial charge on any atom is 0.341 e. The van der Waals surface area contributed by atoms with Crippen molar-refractivity contribution in [3.05, 3.63) is 141 Å². The molecule has 0 aromatic heterocycles. The van der Waals surface area contributed by atoms with E-state index in [-0.39, 0.29) is 24.3 Å². The monoisotopic (exact) mass is 1870 g/mol. The standard InChI is InChI=1S/C82H58O52/c83-27-1-17(2-28(84)49(27)97)71(113)129-67-65-42(16-124-76(118)22-10-36(92)54(102)60(108)44(22)45-23(77(119)127-65)11-37(93)55(103)61(45)109)126-82(69(67)131-73(115)19-5-31(87)51(99)32(88)6-19)134-80(122)26-14-40(96)58(106)64(112)48(26)47-25(13-39(95)57(105)63(47)111)79(121)132-70-68(130-72(114)18-3-29(85)50(98)30(86)4-18)66-41(125-81(70)133-74(116)20-7-33(89)52(100)34(90)8-20)15-123-75(117)21-9-35(91)53(101)59(107)43(21)46-24(78(120)128-66)12-38(94)56(104)62(46)110/h1-14,41-42,65-70,81-112H,15-16H2. The van der Waals surface area contributed by atoms with Gasteiger partial charge in [0.2, 0.25) is 59.3 Å². The molecule has 30 N–H and O–H groups in total. The highest BCUT2D eigenvalue weighted by Gasteiger charge is 2.59. The lowest BCUT2D eigenvalue weighted by Gasteiger charge is -2.44. The number of benzene rings is 10. The van der Waals surface area contributed by atoms with Crippen LogP contribution in [0.4, 0.5) is 0 Å². The smallest absolute Gasteiger partial charge is 0.341 e. The van der Waals surface area contributed by atoms with Gasteiger partial charge in [0.05, 0.1) is 55.6 Å². The molecule has 4 aliphatic heterocycles. The van der Waals surface area contributed by atoms with Crippen molar-refractivity contribution in [2.24, 2.45) is 0 Å². The molecule has 10 atom stereocenters. The molecule has 4 aliphatic rings. The van der Waals surface area contributed by atoms with Gasteiger partial charge in [-0.3, -0.25) is 0 Å². The third kappa shape index (κ3) is 15.8. The second-order valence-electron chi connectivity index (χ2n) is 28.9. The van der Waals surface area contributed by atoms with E-state index in [1.165, 1.54) is 0 Å². The fraction of sp³-hybridized carbons (Fsp3) is 0.146. The van der Waals surface area contributed by atoms with Gasteiger partial charge >= 0.3 is 59.7 Å². The van der Waals surface area contributed by atoms with Crippen LogP contribution >= 0.6 is 0 Å². The van der Waals surface area contributed by atoms with Crippen molar-refractivity contribution in [3.63, 3.8) is 0 Å². The van der Waals surface area contributed by atoms with Crippen LogP contribution in [-0.2, 0) is 56.8 Å². The highest BCUT2D eigenvalue weighted by atomic mass is 16.8. The van der Waals surface area contributed by atoms with Crippen LogP contribution in [0.5, 0.6) is 172 Å². The van der Waals surface area contributed by atoms with Crippen LogP contribution in [0.1, 0.15) is 104 Å². The predicted molar refractivity (Wildman–Crippen MR) is 415 cm³/mol. The number of phenols is 30. The van der Waals surface area contributed by atoms with Crippen LogP contribution in [0.3, 0.4) is 0 Å². The Bertz CT molecular complexity index is 6690. The van der Waals surface area contributed by atoms with Gasteiger partial charge in [-0.2, -0.15) is 0 Å². The quantitative estimate of drug-likeness (QED) is 0.0447. The van der Waals surface area contributed by atoms with E-state index in [0.29, 0.717) is 60.7 Å². The Hall–Kier alpha value is -19.2. The average molecular weight is 1880 g/mol. The lowest BCUT2D eigenvalue weighted by atomic mass is 9.91. The number of cyclic esters (lactones) is 2. The lowest BCUT2D eigenvalue weighted by molar-refractivity contribution is -0.282. The number of hydrogen-bond acceptors (Lipinski definition) is 52. The second kappa shape index (κ2) is 33.9. The van der Waals surface area contributed by atoms with E-state index in [0.717, 1.165) is 0 Å². The summed E-state index contributed by atoms with van der Waals surface area (Å²) in [6, 6.07) is 3.71. The van der Waals surface area contributed by atoms with Crippen molar-refractivity contribution in [2.45, 2.75) is 61.4 Å². The van der Waals surface area contributed by atoms with Crippen LogP contribution in [-0.4, -0.2) is 288 Å². The second-order valence-corrected chi connectivity index (χ2v) is 28.9. The number of carbonyl (C=O) groups is 10. The number of carbonyl (C=O) groups excluding carboxylic acids is 10. The zero-order chi connectivity index (χ0) is 97.9. The summed E-state index contributed by atoms with van der Waals surface area (Å²) in [4.78, 5) is 150. The summed E-state index contributed by atoms with van der Waals surface area (Å²) in [6.45, 7) is -3.27. The van der Waals surface area contributed by atoms with E-state index in [1.54, 1.807) is 0 Å². The van der Waals surface area contributed by atoms with Crippen LogP contribution in [0.25, 0.3) is 33.4 Å². The Labute approximate surface area is 736 Å². The summed E-state index contributed by atoms with van der Waals surface area (Å²) in [5.41, 5.74) is -22.0. The zero-order valence-electron chi connectivity index (χ0n) is 65.7. The van der Waals surface area contributed by atoms with Crippen molar-refractivity contribution < 1.29 is 258 Å². The molecule has 2 fully saturated rings. The van der Waals surface area contributed by atoms with Crippen LogP contribution in [0, 0.1) is 0 Å². The SMILES string of the molecule is O=C(OC1OC2COC(=O)c3cc(O)c(O)c(O)c3-c3c(cc(O)c(O)c3O)C(=O)OC2C(OC(=O)c2cc(O)c(O)c(O)c2)C1OC(=O)c1cc(O)c(O)c(O)c1-c1c(C(=O)OC2OC3COC(=O)c4cc(O)c(O)c(O)c4-c4c(cc(O)c(O)c4O)C(=O)OC3C(OC(=O)c3cc(O)c(O)c(O)c3)C2OC(=O)c2cc(O)c(O)c(O)c2)cc(O)c(O)c1O)c1cc(O)c(O)c(O)c1. The van der Waals surface area contributed by atoms with Crippen molar-refractivity contribution in [1.29, 1.82) is 0 Å². The third-order valence-corrected chi connectivity index (χ3v) is 20.7. The van der Waals surface area contributed by atoms with Gasteiger partial charge in [-0.05, 0) is 84.9 Å². The molecule has 0 spiro atoms. The Morgan fingerprint density at radius 2 is 0.425 bits per heavy atom. The van der Waals surface area contributed by atoms with Crippen LogP contribution in [0.2, 0.25) is 0 Å². The highest BCUT2D eigenvalue weighted by Crippen LogP contribution is 2.58. The summed E-state index contributed by atoms with van der Waals surface area (Å²) in [5, 5.41) is 329. The van der Waals surface area contributed by atoms with Crippen molar-refractivity contribution in [3.8, 4) is 206 Å². The van der Waals surface area contributed by atoms with Gasteiger partial charge in [0.25, 0.3) is 0 Å². The van der Waals surface area contributed by atoms with Crippen LogP contribution in [0.15, 0.2) is 84.9 Å². The Morgan fingerprint density at radius 1 is 0.224 bits per heavy atom. The van der Waals surface area contributed by atoms with Gasteiger partial charge in [-0.25, -0.2) is 47.9 Å². The molecule has 4 heterocycles. The minimum atomic E-state index is -3.25. The Kier molecular flexibility index (Phi) is 23.0. The molecule has 14 rings (SSSR count). The molecule has 698 valence electrons. The topological polar surface area (TPSA) is 888 Å². The average Bonchev–Trinajstić information content (AvgIpc) is 1.02. The maximum absolute atomic E-state index is 16.0. The lowest BCUT2D eigenvalue weighted by Crippen LogP contribution is -2.63. The summed E-state index contributed by atoms with van der Waals surface area (Å²) in [6.07, 6.45) is -30.0. The third-order valence-electron chi connectivity index (χ3n) is 20.7. The molecule has 0 bridgehead atoms. The Morgan fingerprint density at radius 3 is 0.694 bits per heavy atom. The fourth-order valence-corrected chi connectivity index (χ4v) is 14.2. The zero-order valence-corrected chi connectivity index (χ0v) is 65.7. The first kappa shape index (κ1) is 91.0. The molecule has 0 saturated carbocycles. The molecule has 0 radical (unpaired) electrons. The molecule has 0 aliphatic carbocycles. The first-order valence-electron chi connectivity index (χ1n) is 37.0. The molecule has 10 unspecified atom stereocenters. The first-order valence-corrected chi connectivity index (χ1v) is 37.0. The molecular weight excluding hydrogens is 1820 g/mol. The Balaban J connectivity index is 0.949. The summed E-state index contributed by atoms with van der Waals surface area (Å²) in [5.74, 6) is -67.1. The normalized spacial score (nSPS) is 19.1. The molecule has 2 saturated heterocycles. The van der Waals surface area contributed by atoms with E-state index in [1.807, 2.05) is 0 Å². The van der Waals surface area contributed by atoms with Gasteiger partial charge < -0.3 is 210 Å². The number of fused-ring (bicyclic) bond motifs is 8. The van der Waals surface area contributed by atoms with Crippen molar-refractivity contribution >= 4 is 59.7 Å². The largest absolute Gasteiger partial charge is 0.504 e. The maximum atomic E-state index is 16.0. The minimum absolute atomic E-state index is 0.0111. The summed E-state index contributed by atoms with van der Waals surface area (Å²) < 4.78 is 68.9. The molecule has 10 aromatic rings. The molecule has 0 amide bonds. The number of esters is 10. The number of ether oxygens (including phenoxy) is 12. The summed E-state index contributed by atoms with van der Waals surface area (Å²) in [7, 11) is 0. The molecule has 134 heavy (non-hydrogen) atoms. The van der Waals surface area contributed by atoms with E-state index in [2.05, 4.69) is 0 Å². The molecular formula is C82H58O52. The van der Waals surface area contributed by atoms with Gasteiger partial charge in [-0.1, -0.05) is 0 Å². The first-order chi connectivity index (χ1) is 63.0. The minimum Gasteiger partial charge on any atom is -0.504 e. The van der Waals surface area contributed by atoms with E-state index < -0.39 is 396 Å². The number of phenolic OH excluding ortho intramolecular Hbond substituents is 30. The number of rotatable bonds is 13. The van der Waals surface area contributed by atoms with Crippen molar-refractivity contribution in [1.82, 2.24) is 0 Å². The fourth-order valence-electron chi connectivity index (χ4n) is 14.2. The van der Waals surface area contributed by atoms with Gasteiger partial charge in [0.15, 0.2) is 162 Å². The molecule has 52 heteroatoms. The van der Waals surface area contributed by atoms with Crippen molar-refractivity contribution in [2.75, 3.05) is 13.2 Å². The van der Waals surface area contributed by atoms with E-state index in [4.69, 9.17) is 56.8 Å². The number of hydrogen-bond donors (Lipinski definition) is 30. The summed E-state index contributed by atoms with van der Waals surface area (Å²) >= 11 is 0. The van der Waals surface area contributed by atoms with Gasteiger partial charge in [0, 0.05) is 33.4 Å². The molecule has 52 nitrogen and oxygen atoms in total.